The first-order valence-electron chi connectivity index (χ1n) is 8.62. The maximum Gasteiger partial charge on any atom is 0.357 e. The van der Waals surface area contributed by atoms with Crippen molar-refractivity contribution in [3.05, 3.63) is 0 Å². The van der Waals surface area contributed by atoms with Crippen LogP contribution in [-0.4, -0.2) is 37.9 Å². The van der Waals surface area contributed by atoms with Crippen LogP contribution in [0.4, 0.5) is 0 Å². The molecule has 1 aliphatic heterocycles. The second-order valence-electron chi connectivity index (χ2n) is 8.31. The van der Waals surface area contributed by atoms with E-state index in [9.17, 15) is 9.36 Å². The van der Waals surface area contributed by atoms with Crippen LogP contribution in [0.2, 0.25) is 0 Å². The number of rotatable bonds is 6. The van der Waals surface area contributed by atoms with Gasteiger partial charge < -0.3 is 9.05 Å². The van der Waals surface area contributed by atoms with Crippen LogP contribution in [-0.2, 0) is 18.4 Å². The van der Waals surface area contributed by atoms with Crippen LogP contribution in [0.15, 0.2) is 0 Å². The molecule has 25 heavy (non-hydrogen) atoms. The number of hydrogen-bond acceptors (Lipinski definition) is 7. The third kappa shape index (κ3) is 3.00. The minimum absolute atomic E-state index is 0.195. The minimum Gasteiger partial charge on any atom is -0.304 e. The Morgan fingerprint density at radius 3 is 1.84 bits per heavy atom. The molecule has 1 unspecified atom stereocenters. The Morgan fingerprint density at radius 2 is 1.48 bits per heavy atom. The number of hydrogen-bond donors (Lipinski definition) is 0. The Hall–Kier alpha value is 0.870. The van der Waals surface area contributed by atoms with E-state index < -0.39 is 22.2 Å². The van der Waals surface area contributed by atoms with E-state index >= 15 is 0 Å². The van der Waals surface area contributed by atoms with Crippen LogP contribution >= 0.6 is 42.9 Å². The van der Waals surface area contributed by atoms with Gasteiger partial charge in [0.2, 0.25) is 0 Å². The third-order valence-corrected chi connectivity index (χ3v) is 16.0. The van der Waals surface area contributed by atoms with Crippen LogP contribution < -0.4 is 0 Å². The van der Waals surface area contributed by atoms with Gasteiger partial charge in [0.15, 0.2) is 3.82 Å². The van der Waals surface area contributed by atoms with Crippen molar-refractivity contribution < 1.29 is 18.4 Å². The maximum absolute atomic E-state index is 13.9. The van der Waals surface area contributed by atoms with Gasteiger partial charge in [0.1, 0.15) is 5.78 Å². The molecule has 0 N–H and O–H groups in total. The van der Waals surface area contributed by atoms with Gasteiger partial charge in [0.25, 0.3) is 0 Å². The molecule has 1 saturated carbocycles. The molecule has 0 aromatic carbocycles. The summed E-state index contributed by atoms with van der Waals surface area (Å²) in [6.07, 6.45) is 1.58. The summed E-state index contributed by atoms with van der Waals surface area (Å²) in [6, 6.07) is 0. The Bertz CT molecular complexity index is 571. The summed E-state index contributed by atoms with van der Waals surface area (Å²) in [7, 11) is -3.41. The largest absolute Gasteiger partial charge is 0.357 e. The first-order valence-corrected chi connectivity index (χ1v) is 13.2. The van der Waals surface area contributed by atoms with Gasteiger partial charge >= 0.3 is 7.60 Å². The number of ketones is 1. The molecule has 0 bridgehead atoms. The van der Waals surface area contributed by atoms with Crippen molar-refractivity contribution in [3.8, 4) is 0 Å². The predicted octanol–water partition coefficient (Wildman–Crippen LogP) is 5.86. The topological polar surface area (TPSA) is 52.6 Å². The van der Waals surface area contributed by atoms with Crippen molar-refractivity contribution in [1.82, 2.24) is 0 Å². The van der Waals surface area contributed by atoms with E-state index in [2.05, 4.69) is 0 Å². The molecule has 2 rings (SSSR count). The maximum atomic E-state index is 13.9. The second-order valence-corrected chi connectivity index (χ2v) is 15.4. The lowest BCUT2D eigenvalue weighted by Gasteiger charge is -2.63. The zero-order valence-electron chi connectivity index (χ0n) is 16.7. The minimum atomic E-state index is -3.41. The fraction of sp³-hybridized carbons (Fsp3) is 0.941. The average molecular weight is 427 g/mol. The van der Waals surface area contributed by atoms with E-state index in [-0.39, 0.29) is 22.1 Å². The fourth-order valence-corrected chi connectivity index (χ4v) is 13.9. The summed E-state index contributed by atoms with van der Waals surface area (Å²) in [4.78, 5) is 12.7. The Morgan fingerprint density at radius 1 is 1.04 bits per heavy atom. The van der Waals surface area contributed by atoms with Gasteiger partial charge in [-0.3, -0.25) is 9.36 Å². The van der Waals surface area contributed by atoms with Crippen molar-refractivity contribution in [2.75, 3.05) is 12.0 Å². The summed E-state index contributed by atoms with van der Waals surface area (Å²) in [6.45, 7) is 15.6. The molecule has 146 valence electrons. The van der Waals surface area contributed by atoms with Gasteiger partial charge in [-0.05, 0) is 34.0 Å². The molecule has 1 spiro atoms. The fourth-order valence-electron chi connectivity index (χ4n) is 3.98. The van der Waals surface area contributed by atoms with Gasteiger partial charge in [-0.15, -0.1) is 35.3 Å². The van der Waals surface area contributed by atoms with Gasteiger partial charge in [0, 0.05) is 16.6 Å². The van der Waals surface area contributed by atoms with E-state index in [0.29, 0.717) is 5.75 Å². The molecule has 2 fully saturated rings. The summed E-state index contributed by atoms with van der Waals surface area (Å²) >= 11 is 4.94. The smallest absolute Gasteiger partial charge is 0.304 e. The van der Waals surface area contributed by atoms with Crippen molar-refractivity contribution in [3.63, 3.8) is 0 Å². The zero-order chi connectivity index (χ0) is 19.5. The SMILES string of the molecule is CSC1(P(=O)(OC(C)C)OC(C)C)CSC2(S1)C(C)(C)C(=O)C2(C)C. The second kappa shape index (κ2) is 6.73. The highest BCUT2D eigenvalue weighted by atomic mass is 32.2. The van der Waals surface area contributed by atoms with E-state index in [1.807, 2.05) is 61.6 Å². The summed E-state index contributed by atoms with van der Waals surface area (Å²) in [5.41, 5.74) is -0.937. The summed E-state index contributed by atoms with van der Waals surface area (Å²) < 4.78 is 24.8. The highest BCUT2D eigenvalue weighted by Crippen LogP contribution is 2.85. The van der Waals surface area contributed by atoms with Crippen LogP contribution in [0.3, 0.4) is 0 Å². The first kappa shape index (κ1) is 22.2. The predicted molar refractivity (Wildman–Crippen MR) is 112 cm³/mol. The normalized spacial score (nSPS) is 30.3. The highest BCUT2D eigenvalue weighted by molar-refractivity contribution is 8.34. The molecule has 0 aromatic rings. The van der Waals surface area contributed by atoms with Crippen LogP contribution in [0.25, 0.3) is 0 Å². The summed E-state index contributed by atoms with van der Waals surface area (Å²) in [5, 5.41) is 0. The van der Waals surface area contributed by atoms with E-state index in [1.54, 1.807) is 35.3 Å². The number of thioether (sulfide) groups is 3. The molecule has 1 aliphatic carbocycles. The highest BCUT2D eigenvalue weighted by Gasteiger charge is 2.79. The van der Waals surface area contributed by atoms with E-state index in [4.69, 9.17) is 9.05 Å². The molecule has 0 radical (unpaired) electrons. The molecule has 1 atom stereocenters. The van der Waals surface area contributed by atoms with Gasteiger partial charge in [-0.1, -0.05) is 27.7 Å². The lowest BCUT2D eigenvalue weighted by molar-refractivity contribution is -0.152. The molecule has 2 aliphatic rings. The van der Waals surface area contributed by atoms with Gasteiger partial charge in [-0.2, -0.15) is 0 Å². The standard InChI is InChI=1S/C17H31O4PS3/c1-11(2)20-22(19,21-12(3)4)16(23-9)10-24-17(25-16)14(5,6)13(18)15(17,7)8/h11-12H,10H2,1-9H3. The molecule has 1 heterocycles. The quantitative estimate of drug-likeness (QED) is 0.493. The Balaban J connectivity index is 2.49. The molecule has 4 nitrogen and oxygen atoms in total. The number of carbonyl (C=O) groups is 1. The van der Waals surface area contributed by atoms with Crippen molar-refractivity contribution >= 4 is 48.7 Å². The average Bonchev–Trinajstić information content (AvgIpc) is 2.89. The van der Waals surface area contributed by atoms with Gasteiger partial charge in [0.05, 0.1) is 16.3 Å². The molecule has 8 heteroatoms. The molecular weight excluding hydrogens is 395 g/mol. The van der Waals surface area contributed by atoms with Crippen molar-refractivity contribution in [1.29, 1.82) is 0 Å². The first-order chi connectivity index (χ1) is 11.2. The number of carbonyl (C=O) groups excluding carboxylic acids is 1. The van der Waals surface area contributed by atoms with Gasteiger partial charge in [-0.25, -0.2) is 0 Å². The van der Waals surface area contributed by atoms with Crippen molar-refractivity contribution in [2.24, 2.45) is 10.8 Å². The number of Topliss-reactive ketones (excluding diaryl/α,β-unsaturated/α-hetero) is 1. The lowest BCUT2D eigenvalue weighted by Crippen LogP contribution is -2.70. The molecular formula is C17H31O4PS3. The van der Waals surface area contributed by atoms with Crippen LogP contribution in [0.1, 0.15) is 55.4 Å². The monoisotopic (exact) mass is 426 g/mol. The summed E-state index contributed by atoms with van der Waals surface area (Å²) in [5.74, 6) is 0.900. The lowest BCUT2D eigenvalue weighted by atomic mass is 9.53. The Kier molecular flexibility index (Phi) is 5.97. The third-order valence-electron chi connectivity index (χ3n) is 4.98. The van der Waals surface area contributed by atoms with E-state index in [1.165, 1.54) is 0 Å². The molecule has 0 amide bonds. The van der Waals surface area contributed by atoms with Crippen molar-refractivity contribution in [2.45, 2.75) is 75.5 Å². The van der Waals surface area contributed by atoms with Crippen LogP contribution in [0, 0.1) is 10.8 Å². The zero-order valence-corrected chi connectivity index (χ0v) is 20.0. The van der Waals surface area contributed by atoms with E-state index in [0.717, 1.165) is 0 Å². The Labute approximate surface area is 165 Å². The van der Waals surface area contributed by atoms with Crippen LogP contribution in [0.5, 0.6) is 0 Å². The molecule has 1 saturated heterocycles. The molecule has 0 aromatic heterocycles.